The van der Waals surface area contributed by atoms with Gasteiger partial charge in [-0.05, 0) is 43.5 Å². The zero-order valence-electron chi connectivity index (χ0n) is 9.18. The van der Waals surface area contributed by atoms with E-state index >= 15 is 0 Å². The highest BCUT2D eigenvalue weighted by atomic mass is 79.9. The van der Waals surface area contributed by atoms with Crippen LogP contribution in [0, 0.1) is 13.8 Å². The van der Waals surface area contributed by atoms with E-state index in [-0.39, 0.29) is 0 Å². The third-order valence-corrected chi connectivity index (χ3v) is 2.84. The Hall–Kier alpha value is -0.500. The van der Waals surface area contributed by atoms with Crippen LogP contribution < -0.4 is 4.90 Å². The second-order valence-electron chi connectivity index (χ2n) is 3.81. The molecule has 0 radical (unpaired) electrons. The quantitative estimate of drug-likeness (QED) is 0.745. The van der Waals surface area contributed by atoms with Gasteiger partial charge in [-0.2, -0.15) is 0 Å². The van der Waals surface area contributed by atoms with E-state index in [1.54, 1.807) is 0 Å². The molecule has 1 aromatic carbocycles. The van der Waals surface area contributed by atoms with Crippen LogP contribution in [0.2, 0.25) is 0 Å². The number of aryl methyl sites for hydroxylation is 2. The Kier molecular flexibility index (Phi) is 4.46. The molecule has 0 bridgehead atoms. The summed E-state index contributed by atoms with van der Waals surface area (Å²) in [7, 11) is 2.15. The minimum Gasteiger partial charge on any atom is -0.375 e. The van der Waals surface area contributed by atoms with Crippen LogP contribution in [0.3, 0.4) is 0 Å². The zero-order valence-corrected chi connectivity index (χ0v) is 10.8. The molecule has 0 fully saturated rings. The maximum absolute atomic E-state index is 3.45. The average Bonchev–Trinajstić information content (AvgIpc) is 2.12. The molecule has 0 aromatic heterocycles. The van der Waals surface area contributed by atoms with Gasteiger partial charge in [-0.25, -0.2) is 0 Å². The summed E-state index contributed by atoms with van der Waals surface area (Å²) in [5.41, 5.74) is 4.00. The standard InChI is InChI=1S/C12H18BrN/c1-10-7-11(2)9-12(8-10)14(3)6-4-5-13/h7-9H,4-6H2,1-3H3. The van der Waals surface area contributed by atoms with E-state index < -0.39 is 0 Å². The molecular formula is C12H18BrN. The lowest BCUT2D eigenvalue weighted by Gasteiger charge is -2.19. The van der Waals surface area contributed by atoms with E-state index in [0.29, 0.717) is 0 Å². The molecule has 0 aliphatic carbocycles. The van der Waals surface area contributed by atoms with Crippen molar-refractivity contribution in [2.45, 2.75) is 20.3 Å². The fraction of sp³-hybridized carbons (Fsp3) is 0.500. The molecule has 0 unspecified atom stereocenters. The van der Waals surface area contributed by atoms with Gasteiger partial charge in [0.15, 0.2) is 0 Å². The van der Waals surface area contributed by atoms with Crippen molar-refractivity contribution in [2.24, 2.45) is 0 Å². The summed E-state index contributed by atoms with van der Waals surface area (Å²) in [5, 5.41) is 1.07. The summed E-state index contributed by atoms with van der Waals surface area (Å²) in [4.78, 5) is 2.31. The number of nitrogens with zero attached hydrogens (tertiary/aromatic N) is 1. The highest BCUT2D eigenvalue weighted by molar-refractivity contribution is 9.09. The number of halogens is 1. The van der Waals surface area contributed by atoms with E-state index in [0.717, 1.165) is 11.9 Å². The smallest absolute Gasteiger partial charge is 0.0368 e. The topological polar surface area (TPSA) is 3.24 Å². The van der Waals surface area contributed by atoms with Crippen molar-refractivity contribution in [1.82, 2.24) is 0 Å². The fourth-order valence-electron chi connectivity index (χ4n) is 1.60. The predicted molar refractivity (Wildman–Crippen MR) is 67.6 cm³/mol. The van der Waals surface area contributed by atoms with Crippen molar-refractivity contribution in [3.8, 4) is 0 Å². The molecule has 2 heteroatoms. The maximum Gasteiger partial charge on any atom is 0.0368 e. The van der Waals surface area contributed by atoms with E-state index in [1.807, 2.05) is 0 Å². The number of hydrogen-bond donors (Lipinski definition) is 0. The van der Waals surface area contributed by atoms with Crippen LogP contribution in [0.25, 0.3) is 0 Å². The van der Waals surface area contributed by atoms with Gasteiger partial charge in [0.05, 0.1) is 0 Å². The first-order valence-electron chi connectivity index (χ1n) is 4.99. The van der Waals surface area contributed by atoms with Crippen molar-refractivity contribution in [2.75, 3.05) is 23.8 Å². The second-order valence-corrected chi connectivity index (χ2v) is 4.60. The lowest BCUT2D eigenvalue weighted by atomic mass is 10.1. The van der Waals surface area contributed by atoms with Gasteiger partial charge >= 0.3 is 0 Å². The Morgan fingerprint density at radius 3 is 2.21 bits per heavy atom. The molecule has 0 atom stereocenters. The van der Waals surface area contributed by atoms with Crippen molar-refractivity contribution < 1.29 is 0 Å². The molecule has 0 saturated heterocycles. The third-order valence-electron chi connectivity index (χ3n) is 2.27. The van der Waals surface area contributed by atoms with Crippen LogP contribution in [0.1, 0.15) is 17.5 Å². The van der Waals surface area contributed by atoms with Gasteiger partial charge in [0.2, 0.25) is 0 Å². The van der Waals surface area contributed by atoms with Gasteiger partial charge in [0, 0.05) is 24.6 Å². The van der Waals surface area contributed by atoms with E-state index in [9.17, 15) is 0 Å². The van der Waals surface area contributed by atoms with Crippen LogP contribution in [0.15, 0.2) is 18.2 Å². The first kappa shape index (κ1) is 11.6. The molecule has 0 amide bonds. The predicted octanol–water partition coefficient (Wildman–Crippen LogP) is 3.52. The summed E-state index contributed by atoms with van der Waals surface area (Å²) in [6.07, 6.45) is 1.18. The van der Waals surface area contributed by atoms with Gasteiger partial charge in [-0.3, -0.25) is 0 Å². The molecule has 0 heterocycles. The first-order chi connectivity index (χ1) is 6.63. The molecule has 0 aliphatic heterocycles. The molecule has 78 valence electrons. The molecule has 0 saturated carbocycles. The molecular weight excluding hydrogens is 238 g/mol. The van der Waals surface area contributed by atoms with E-state index in [4.69, 9.17) is 0 Å². The maximum atomic E-state index is 3.45. The van der Waals surface area contributed by atoms with Crippen molar-refractivity contribution in [3.63, 3.8) is 0 Å². The van der Waals surface area contributed by atoms with Crippen LogP contribution in [0.5, 0.6) is 0 Å². The largest absolute Gasteiger partial charge is 0.375 e. The van der Waals surface area contributed by atoms with Gasteiger partial charge in [0.1, 0.15) is 0 Å². The molecule has 0 spiro atoms. The normalized spacial score (nSPS) is 10.3. The summed E-state index contributed by atoms with van der Waals surface area (Å²) >= 11 is 3.45. The Bertz CT molecular complexity index is 276. The Balaban J connectivity index is 2.73. The third kappa shape index (κ3) is 3.33. The number of alkyl halides is 1. The number of anilines is 1. The van der Waals surface area contributed by atoms with Gasteiger partial charge in [-0.15, -0.1) is 0 Å². The second kappa shape index (κ2) is 5.40. The highest BCUT2D eigenvalue weighted by Crippen LogP contribution is 2.17. The SMILES string of the molecule is Cc1cc(C)cc(N(C)CCCBr)c1. The molecule has 14 heavy (non-hydrogen) atoms. The Morgan fingerprint density at radius 2 is 1.71 bits per heavy atom. The minimum absolute atomic E-state index is 1.07. The van der Waals surface area contributed by atoms with Gasteiger partial charge in [-0.1, -0.05) is 22.0 Å². The zero-order chi connectivity index (χ0) is 10.6. The number of benzene rings is 1. The molecule has 0 N–H and O–H groups in total. The van der Waals surface area contributed by atoms with Crippen LogP contribution in [-0.4, -0.2) is 18.9 Å². The van der Waals surface area contributed by atoms with Crippen LogP contribution >= 0.6 is 15.9 Å². The van der Waals surface area contributed by atoms with Gasteiger partial charge < -0.3 is 4.90 Å². The summed E-state index contributed by atoms with van der Waals surface area (Å²) < 4.78 is 0. The fourth-order valence-corrected chi connectivity index (χ4v) is 1.85. The lowest BCUT2D eigenvalue weighted by molar-refractivity contribution is 0.862. The van der Waals surface area contributed by atoms with Crippen molar-refractivity contribution >= 4 is 21.6 Å². The summed E-state index contributed by atoms with van der Waals surface area (Å²) in [6.45, 7) is 5.40. The van der Waals surface area contributed by atoms with Crippen molar-refractivity contribution in [1.29, 1.82) is 0 Å². The first-order valence-corrected chi connectivity index (χ1v) is 6.11. The Labute approximate surface area is 95.2 Å². The summed E-state index contributed by atoms with van der Waals surface area (Å²) in [6, 6.07) is 6.68. The minimum atomic E-state index is 1.07. The van der Waals surface area contributed by atoms with Crippen LogP contribution in [-0.2, 0) is 0 Å². The van der Waals surface area contributed by atoms with Crippen LogP contribution in [0.4, 0.5) is 5.69 Å². The highest BCUT2D eigenvalue weighted by Gasteiger charge is 2.01. The van der Waals surface area contributed by atoms with E-state index in [2.05, 4.69) is 59.9 Å². The molecule has 0 aliphatic rings. The molecule has 1 aromatic rings. The average molecular weight is 256 g/mol. The van der Waals surface area contributed by atoms with Gasteiger partial charge in [0.25, 0.3) is 0 Å². The lowest BCUT2D eigenvalue weighted by Crippen LogP contribution is -2.18. The summed E-state index contributed by atoms with van der Waals surface area (Å²) in [5.74, 6) is 0. The Morgan fingerprint density at radius 1 is 1.14 bits per heavy atom. The number of rotatable bonds is 4. The van der Waals surface area contributed by atoms with Crippen molar-refractivity contribution in [3.05, 3.63) is 29.3 Å². The monoisotopic (exact) mass is 255 g/mol. The number of hydrogen-bond acceptors (Lipinski definition) is 1. The molecule has 1 nitrogen and oxygen atoms in total. The molecule has 1 rings (SSSR count). The van der Waals surface area contributed by atoms with E-state index in [1.165, 1.54) is 23.2 Å².